The molecule has 2 rings (SSSR count). The highest BCUT2D eigenvalue weighted by Crippen LogP contribution is 2.26. The average Bonchev–Trinajstić information content (AvgIpc) is 2.95. The molecule has 1 saturated carbocycles. The average molecular weight is 293 g/mol. The van der Waals surface area contributed by atoms with Gasteiger partial charge in [0.1, 0.15) is 0 Å². The fourth-order valence-corrected chi connectivity index (χ4v) is 3.87. The van der Waals surface area contributed by atoms with Crippen molar-refractivity contribution in [2.45, 2.75) is 37.4 Å². The smallest absolute Gasteiger partial charge is 0.235 e. The topological polar surface area (TPSA) is 66.4 Å². The number of aliphatic hydroxyl groups excluding tert-OH is 1. The van der Waals surface area contributed by atoms with E-state index in [0.717, 1.165) is 31.2 Å². The quantitative estimate of drug-likeness (QED) is 0.836. The number of anilines is 1. The minimum absolute atomic E-state index is 0.0479. The van der Waals surface area contributed by atoms with E-state index < -0.39 is 10.0 Å². The van der Waals surface area contributed by atoms with Crippen molar-refractivity contribution in [3.05, 3.63) is 29.8 Å². The molecular weight excluding hydrogens is 274 g/mol. The lowest BCUT2D eigenvalue weighted by Gasteiger charge is -2.13. The van der Waals surface area contributed by atoms with Crippen LogP contribution in [-0.4, -0.2) is 25.4 Å². The fourth-order valence-electron chi connectivity index (χ4n) is 2.29. The second-order valence-corrected chi connectivity index (χ2v) is 6.87. The van der Waals surface area contributed by atoms with Crippen molar-refractivity contribution in [3.8, 4) is 11.8 Å². The van der Waals surface area contributed by atoms with Crippen molar-refractivity contribution in [2.75, 3.05) is 11.3 Å². The molecule has 1 aromatic rings. The summed E-state index contributed by atoms with van der Waals surface area (Å²) in [7, 11) is -3.27. The highest BCUT2D eigenvalue weighted by atomic mass is 32.2. The molecule has 0 saturated heterocycles. The summed E-state index contributed by atoms with van der Waals surface area (Å²) in [6.45, 7) is 0.0479. The van der Waals surface area contributed by atoms with Crippen LogP contribution in [0.15, 0.2) is 24.3 Å². The Bertz CT molecular complexity index is 590. The summed E-state index contributed by atoms with van der Waals surface area (Å²) in [4.78, 5) is 0. The number of sulfonamides is 1. The van der Waals surface area contributed by atoms with Crippen LogP contribution in [0.5, 0.6) is 0 Å². The lowest BCUT2D eigenvalue weighted by Crippen LogP contribution is -2.25. The Labute approximate surface area is 120 Å². The normalized spacial score (nSPS) is 15.7. The first-order chi connectivity index (χ1) is 9.62. The molecular formula is C15H19NO3S. The number of nitrogens with one attached hydrogen (secondary N) is 1. The first kappa shape index (κ1) is 14.9. The summed E-state index contributed by atoms with van der Waals surface area (Å²) in [5.41, 5.74) is 1.38. The van der Waals surface area contributed by atoms with Gasteiger partial charge < -0.3 is 5.11 Å². The number of hydrogen-bond acceptors (Lipinski definition) is 3. The second-order valence-electron chi connectivity index (χ2n) is 4.91. The number of aliphatic hydroxyl groups is 1. The summed E-state index contributed by atoms with van der Waals surface area (Å²) in [6, 6.07) is 6.98. The summed E-state index contributed by atoms with van der Waals surface area (Å²) in [5.74, 6) is 5.73. The fraction of sp³-hybridized carbons (Fsp3) is 0.467. The van der Waals surface area contributed by atoms with Gasteiger partial charge in [0, 0.05) is 17.7 Å². The summed E-state index contributed by atoms with van der Waals surface area (Å²) in [6.07, 6.45) is 3.92. The van der Waals surface area contributed by atoms with Gasteiger partial charge in [-0.2, -0.15) is 0 Å². The molecule has 1 aliphatic carbocycles. The largest absolute Gasteiger partial charge is 0.395 e. The molecule has 4 nitrogen and oxygen atoms in total. The number of hydrogen-bond donors (Lipinski definition) is 2. The zero-order valence-corrected chi connectivity index (χ0v) is 12.1. The monoisotopic (exact) mass is 293 g/mol. The molecule has 0 heterocycles. The van der Waals surface area contributed by atoms with E-state index in [2.05, 4.69) is 16.6 Å². The van der Waals surface area contributed by atoms with Crippen LogP contribution >= 0.6 is 0 Å². The Morgan fingerprint density at radius 2 is 1.85 bits per heavy atom. The van der Waals surface area contributed by atoms with Gasteiger partial charge in [-0.05, 0) is 37.1 Å². The molecule has 20 heavy (non-hydrogen) atoms. The molecule has 0 spiro atoms. The van der Waals surface area contributed by atoms with Gasteiger partial charge >= 0.3 is 0 Å². The van der Waals surface area contributed by atoms with Crippen molar-refractivity contribution < 1.29 is 13.5 Å². The lowest BCUT2D eigenvalue weighted by atomic mass is 10.2. The van der Waals surface area contributed by atoms with E-state index in [-0.39, 0.29) is 11.9 Å². The van der Waals surface area contributed by atoms with Gasteiger partial charge in [0.05, 0.1) is 11.9 Å². The molecule has 0 atom stereocenters. The number of benzene rings is 1. The van der Waals surface area contributed by atoms with E-state index in [1.165, 1.54) is 0 Å². The van der Waals surface area contributed by atoms with Gasteiger partial charge in [-0.1, -0.05) is 24.7 Å². The molecule has 0 radical (unpaired) electrons. The molecule has 1 fully saturated rings. The molecule has 1 aliphatic rings. The summed E-state index contributed by atoms with van der Waals surface area (Å²) in [5, 5.41) is 8.38. The maximum Gasteiger partial charge on any atom is 0.235 e. The predicted octanol–water partition coefficient (Wildman–Crippen LogP) is 2.10. The SMILES string of the molecule is O=S(=O)(Nc1ccc(C#CCCO)cc1)C1CCCC1. The van der Waals surface area contributed by atoms with Gasteiger partial charge in [0.2, 0.25) is 10.0 Å². The zero-order valence-electron chi connectivity index (χ0n) is 11.3. The number of rotatable bonds is 4. The van der Waals surface area contributed by atoms with E-state index in [4.69, 9.17) is 5.11 Å². The Morgan fingerprint density at radius 1 is 1.20 bits per heavy atom. The van der Waals surface area contributed by atoms with E-state index in [1.807, 2.05) is 0 Å². The third-order valence-corrected chi connectivity index (χ3v) is 5.22. The maximum absolute atomic E-state index is 12.1. The Kier molecular flexibility index (Phi) is 5.05. The zero-order chi connectivity index (χ0) is 14.4. The van der Waals surface area contributed by atoms with Crippen LogP contribution in [0, 0.1) is 11.8 Å². The van der Waals surface area contributed by atoms with Crippen LogP contribution in [0.4, 0.5) is 5.69 Å². The molecule has 0 unspecified atom stereocenters. The first-order valence-corrected chi connectivity index (χ1v) is 8.38. The van der Waals surface area contributed by atoms with Crippen molar-refractivity contribution in [2.24, 2.45) is 0 Å². The third-order valence-electron chi connectivity index (χ3n) is 3.36. The van der Waals surface area contributed by atoms with E-state index in [0.29, 0.717) is 12.1 Å². The van der Waals surface area contributed by atoms with E-state index in [9.17, 15) is 8.42 Å². The van der Waals surface area contributed by atoms with Crippen LogP contribution < -0.4 is 4.72 Å². The van der Waals surface area contributed by atoms with Gasteiger partial charge in [0.15, 0.2) is 0 Å². The van der Waals surface area contributed by atoms with Crippen molar-refractivity contribution >= 4 is 15.7 Å². The van der Waals surface area contributed by atoms with Gasteiger partial charge in [-0.3, -0.25) is 4.72 Å². The Hall–Kier alpha value is -1.51. The molecule has 0 aromatic heterocycles. The molecule has 0 amide bonds. The molecule has 0 aliphatic heterocycles. The van der Waals surface area contributed by atoms with Gasteiger partial charge in [-0.25, -0.2) is 8.42 Å². The molecule has 108 valence electrons. The summed E-state index contributed by atoms with van der Waals surface area (Å²) >= 11 is 0. The Balaban J connectivity index is 2.02. The predicted molar refractivity (Wildman–Crippen MR) is 79.8 cm³/mol. The van der Waals surface area contributed by atoms with Crippen LogP contribution in [0.3, 0.4) is 0 Å². The van der Waals surface area contributed by atoms with Crippen LogP contribution in [0.25, 0.3) is 0 Å². The van der Waals surface area contributed by atoms with Gasteiger partial charge in [-0.15, -0.1) is 0 Å². The second kappa shape index (κ2) is 6.78. The summed E-state index contributed by atoms with van der Waals surface area (Å²) < 4.78 is 26.9. The van der Waals surface area contributed by atoms with E-state index >= 15 is 0 Å². The van der Waals surface area contributed by atoms with Crippen molar-refractivity contribution in [1.82, 2.24) is 0 Å². The lowest BCUT2D eigenvalue weighted by molar-refractivity contribution is 0.305. The molecule has 2 N–H and O–H groups in total. The van der Waals surface area contributed by atoms with Crippen LogP contribution in [0.1, 0.15) is 37.7 Å². The minimum atomic E-state index is -3.27. The third kappa shape index (κ3) is 3.99. The standard InChI is InChI=1S/C15H19NO3S/c17-12-4-3-5-13-8-10-14(11-9-13)16-20(18,19)15-6-1-2-7-15/h8-11,15-17H,1-2,4,6-7,12H2. The minimum Gasteiger partial charge on any atom is -0.395 e. The molecule has 5 heteroatoms. The maximum atomic E-state index is 12.1. The first-order valence-electron chi connectivity index (χ1n) is 6.83. The Morgan fingerprint density at radius 3 is 2.45 bits per heavy atom. The molecule has 0 bridgehead atoms. The van der Waals surface area contributed by atoms with Crippen molar-refractivity contribution in [1.29, 1.82) is 0 Å². The van der Waals surface area contributed by atoms with Crippen molar-refractivity contribution in [3.63, 3.8) is 0 Å². The van der Waals surface area contributed by atoms with Crippen LogP contribution in [0.2, 0.25) is 0 Å². The van der Waals surface area contributed by atoms with E-state index in [1.54, 1.807) is 24.3 Å². The highest BCUT2D eigenvalue weighted by molar-refractivity contribution is 7.93. The van der Waals surface area contributed by atoms with Crippen LogP contribution in [-0.2, 0) is 10.0 Å². The highest BCUT2D eigenvalue weighted by Gasteiger charge is 2.28. The van der Waals surface area contributed by atoms with Gasteiger partial charge in [0.25, 0.3) is 0 Å². The molecule has 1 aromatic carbocycles.